The van der Waals surface area contributed by atoms with Gasteiger partial charge in [0.2, 0.25) is 0 Å². The third-order valence-electron chi connectivity index (χ3n) is 3.32. The summed E-state index contributed by atoms with van der Waals surface area (Å²) in [6.07, 6.45) is 0. The number of halogens is 1. The second kappa shape index (κ2) is 4.70. The summed E-state index contributed by atoms with van der Waals surface area (Å²) in [6, 6.07) is 13.7. The van der Waals surface area contributed by atoms with E-state index in [0.717, 1.165) is 21.2 Å². The molecule has 0 saturated heterocycles. The summed E-state index contributed by atoms with van der Waals surface area (Å²) in [4.78, 5) is 14.2. The van der Waals surface area contributed by atoms with Crippen molar-refractivity contribution >= 4 is 27.5 Å². The first kappa shape index (κ1) is 12.2. The van der Waals surface area contributed by atoms with Crippen LogP contribution < -0.4 is 5.73 Å². The number of anilines is 1. The number of hydrogen-bond acceptors (Lipinski definition) is 2. The van der Waals surface area contributed by atoms with Crippen LogP contribution in [0.1, 0.15) is 21.5 Å². The maximum Gasteiger partial charge on any atom is 0.254 e. The highest BCUT2D eigenvalue weighted by molar-refractivity contribution is 9.10. The highest BCUT2D eigenvalue weighted by Gasteiger charge is 2.28. The summed E-state index contributed by atoms with van der Waals surface area (Å²) in [6.45, 7) is 1.27. The van der Waals surface area contributed by atoms with Crippen molar-refractivity contribution in [1.29, 1.82) is 0 Å². The lowest BCUT2D eigenvalue weighted by molar-refractivity contribution is 0.0766. The summed E-state index contributed by atoms with van der Waals surface area (Å²) in [7, 11) is 0. The van der Waals surface area contributed by atoms with Gasteiger partial charge in [0.1, 0.15) is 0 Å². The molecule has 1 amide bonds. The SMILES string of the molecule is Nc1cc2c(cc1Br)CN(Cc1ccccc1)C2=O. The number of nitrogen functional groups attached to an aromatic ring is 1. The molecule has 19 heavy (non-hydrogen) atoms. The molecule has 0 bridgehead atoms. The van der Waals surface area contributed by atoms with Gasteiger partial charge in [-0.2, -0.15) is 0 Å². The number of nitrogens with two attached hydrogens (primary N) is 1. The Balaban J connectivity index is 1.87. The summed E-state index contributed by atoms with van der Waals surface area (Å²) in [5, 5.41) is 0. The van der Waals surface area contributed by atoms with Gasteiger partial charge in [-0.3, -0.25) is 4.79 Å². The molecule has 0 unspecified atom stereocenters. The van der Waals surface area contributed by atoms with E-state index in [1.807, 2.05) is 41.3 Å². The Bertz CT molecular complexity index is 640. The number of amides is 1. The van der Waals surface area contributed by atoms with E-state index in [9.17, 15) is 4.79 Å². The van der Waals surface area contributed by atoms with E-state index in [0.29, 0.717) is 18.8 Å². The van der Waals surface area contributed by atoms with Gasteiger partial charge in [-0.25, -0.2) is 0 Å². The van der Waals surface area contributed by atoms with E-state index in [-0.39, 0.29) is 5.91 Å². The lowest BCUT2D eigenvalue weighted by Crippen LogP contribution is -2.23. The molecule has 96 valence electrons. The molecule has 2 N–H and O–H groups in total. The number of nitrogens with zero attached hydrogens (tertiary/aromatic N) is 1. The van der Waals surface area contributed by atoms with Crippen molar-refractivity contribution < 1.29 is 4.79 Å². The minimum atomic E-state index is 0.0538. The zero-order valence-corrected chi connectivity index (χ0v) is 11.9. The van der Waals surface area contributed by atoms with Crippen LogP contribution in [0.25, 0.3) is 0 Å². The van der Waals surface area contributed by atoms with E-state index in [2.05, 4.69) is 15.9 Å². The predicted molar refractivity (Wildman–Crippen MR) is 78.6 cm³/mol. The highest BCUT2D eigenvalue weighted by Crippen LogP contribution is 2.31. The van der Waals surface area contributed by atoms with E-state index in [1.54, 1.807) is 6.07 Å². The fraction of sp³-hybridized carbons (Fsp3) is 0.133. The fourth-order valence-corrected chi connectivity index (χ4v) is 2.73. The van der Waals surface area contributed by atoms with Crippen LogP contribution in [-0.2, 0) is 13.1 Å². The van der Waals surface area contributed by atoms with Crippen molar-refractivity contribution in [2.24, 2.45) is 0 Å². The van der Waals surface area contributed by atoms with Crippen molar-refractivity contribution in [3.05, 3.63) is 63.6 Å². The molecule has 2 aromatic rings. The molecule has 1 aliphatic heterocycles. The molecule has 0 fully saturated rings. The Labute approximate surface area is 120 Å². The van der Waals surface area contributed by atoms with Gasteiger partial charge in [-0.05, 0) is 39.2 Å². The van der Waals surface area contributed by atoms with Crippen LogP contribution >= 0.6 is 15.9 Å². The Hall–Kier alpha value is -1.81. The fourth-order valence-electron chi connectivity index (χ4n) is 2.34. The monoisotopic (exact) mass is 316 g/mol. The molecule has 0 atom stereocenters. The van der Waals surface area contributed by atoms with Crippen LogP contribution in [0.5, 0.6) is 0 Å². The normalized spacial score (nSPS) is 13.7. The second-order valence-corrected chi connectivity index (χ2v) is 5.53. The van der Waals surface area contributed by atoms with Gasteiger partial charge < -0.3 is 10.6 Å². The van der Waals surface area contributed by atoms with Crippen LogP contribution in [0.2, 0.25) is 0 Å². The van der Waals surface area contributed by atoms with E-state index < -0.39 is 0 Å². The summed E-state index contributed by atoms with van der Waals surface area (Å²) >= 11 is 3.40. The maximum atomic E-state index is 12.3. The molecule has 0 spiro atoms. The third-order valence-corrected chi connectivity index (χ3v) is 4.00. The van der Waals surface area contributed by atoms with E-state index in [1.165, 1.54) is 0 Å². The van der Waals surface area contributed by atoms with Crippen molar-refractivity contribution in [1.82, 2.24) is 4.90 Å². The Morgan fingerprint density at radius 2 is 1.95 bits per heavy atom. The Morgan fingerprint density at radius 1 is 1.21 bits per heavy atom. The lowest BCUT2D eigenvalue weighted by Gasteiger charge is -2.15. The van der Waals surface area contributed by atoms with Crippen molar-refractivity contribution in [2.75, 3.05) is 5.73 Å². The Morgan fingerprint density at radius 3 is 2.68 bits per heavy atom. The minimum Gasteiger partial charge on any atom is -0.398 e. The molecule has 2 aromatic carbocycles. The van der Waals surface area contributed by atoms with Gasteiger partial charge in [0.15, 0.2) is 0 Å². The molecule has 3 rings (SSSR count). The number of rotatable bonds is 2. The molecule has 0 aliphatic carbocycles. The molecule has 3 nitrogen and oxygen atoms in total. The largest absolute Gasteiger partial charge is 0.398 e. The van der Waals surface area contributed by atoms with Gasteiger partial charge in [0.05, 0.1) is 0 Å². The van der Waals surface area contributed by atoms with Crippen molar-refractivity contribution in [3.8, 4) is 0 Å². The van der Waals surface area contributed by atoms with Gasteiger partial charge in [0, 0.05) is 28.8 Å². The van der Waals surface area contributed by atoms with Crippen LogP contribution in [0.15, 0.2) is 46.9 Å². The van der Waals surface area contributed by atoms with E-state index >= 15 is 0 Å². The van der Waals surface area contributed by atoms with Crippen molar-refractivity contribution in [2.45, 2.75) is 13.1 Å². The molecular formula is C15H13BrN2O. The predicted octanol–water partition coefficient (Wildman–Crippen LogP) is 3.19. The minimum absolute atomic E-state index is 0.0538. The third kappa shape index (κ3) is 2.24. The van der Waals surface area contributed by atoms with Gasteiger partial charge >= 0.3 is 0 Å². The zero-order chi connectivity index (χ0) is 13.4. The average molecular weight is 317 g/mol. The van der Waals surface area contributed by atoms with Crippen molar-refractivity contribution in [3.63, 3.8) is 0 Å². The van der Waals surface area contributed by atoms with E-state index in [4.69, 9.17) is 5.73 Å². The van der Waals surface area contributed by atoms with Gasteiger partial charge in [-0.15, -0.1) is 0 Å². The topological polar surface area (TPSA) is 46.3 Å². The average Bonchev–Trinajstić information content (AvgIpc) is 2.69. The zero-order valence-electron chi connectivity index (χ0n) is 10.3. The summed E-state index contributed by atoms with van der Waals surface area (Å²) in [5.74, 6) is 0.0538. The van der Waals surface area contributed by atoms with Gasteiger partial charge in [0.25, 0.3) is 5.91 Å². The molecule has 1 heterocycles. The van der Waals surface area contributed by atoms with Crippen LogP contribution in [-0.4, -0.2) is 10.8 Å². The van der Waals surface area contributed by atoms with Crippen LogP contribution in [0.3, 0.4) is 0 Å². The van der Waals surface area contributed by atoms with Gasteiger partial charge in [-0.1, -0.05) is 30.3 Å². The number of fused-ring (bicyclic) bond motifs is 1. The standard InChI is InChI=1S/C15H13BrN2O/c16-13-6-11-9-18(8-10-4-2-1-3-5-10)15(19)12(11)7-14(13)17/h1-7H,8-9,17H2. The maximum absolute atomic E-state index is 12.3. The first-order chi connectivity index (χ1) is 9.15. The smallest absolute Gasteiger partial charge is 0.254 e. The summed E-state index contributed by atoms with van der Waals surface area (Å²) < 4.78 is 0.848. The first-order valence-electron chi connectivity index (χ1n) is 6.06. The van der Waals surface area contributed by atoms with Crippen LogP contribution in [0, 0.1) is 0 Å². The molecule has 0 radical (unpaired) electrons. The summed E-state index contributed by atoms with van der Waals surface area (Å²) in [5.41, 5.74) is 9.32. The number of hydrogen-bond donors (Lipinski definition) is 1. The number of carbonyl (C=O) groups is 1. The highest BCUT2D eigenvalue weighted by atomic mass is 79.9. The molecule has 0 saturated carbocycles. The number of carbonyl (C=O) groups excluding carboxylic acids is 1. The lowest BCUT2D eigenvalue weighted by atomic mass is 10.1. The molecule has 1 aliphatic rings. The quantitative estimate of drug-likeness (QED) is 0.865. The van der Waals surface area contributed by atoms with Crippen LogP contribution in [0.4, 0.5) is 5.69 Å². The molecule has 4 heteroatoms. The number of benzene rings is 2. The Kier molecular flexibility index (Phi) is 3.03. The first-order valence-corrected chi connectivity index (χ1v) is 6.85. The molecule has 0 aromatic heterocycles. The molecular weight excluding hydrogens is 304 g/mol. The second-order valence-electron chi connectivity index (χ2n) is 4.68.